The number of aliphatic hydroxyl groups excluding tert-OH is 9. The number of carbonyl (C=O) groups is 2. The van der Waals surface area contributed by atoms with E-state index < -0.39 is 135 Å². The lowest BCUT2D eigenvalue weighted by atomic mass is 9.81. The number of fused-ring (bicyclic) bond motifs is 1. The highest BCUT2D eigenvalue weighted by Gasteiger charge is 2.55. The molecule has 0 aromatic heterocycles. The predicted octanol–water partition coefficient (Wildman–Crippen LogP) is -3.74. The van der Waals surface area contributed by atoms with Crippen molar-refractivity contribution in [2.45, 2.75) is 99.9 Å². The maximum absolute atomic E-state index is 13.8. The average molecular weight is 749 g/mol. The minimum Gasteiger partial charge on any atom is -0.472 e. The van der Waals surface area contributed by atoms with Gasteiger partial charge in [-0.25, -0.2) is 9.59 Å². The molecular formula is C33H48O19. The summed E-state index contributed by atoms with van der Waals surface area (Å²) >= 11 is 0. The largest absolute Gasteiger partial charge is 0.472 e. The zero-order valence-electron chi connectivity index (χ0n) is 28.5. The minimum atomic E-state index is -1.73. The first kappa shape index (κ1) is 40.4. The average Bonchev–Trinajstić information content (AvgIpc) is 3.47. The van der Waals surface area contributed by atoms with Crippen molar-refractivity contribution in [3.8, 4) is 0 Å². The van der Waals surface area contributed by atoms with Crippen molar-refractivity contribution in [3.63, 3.8) is 0 Å². The molecular weight excluding hydrogens is 700 g/mol. The van der Waals surface area contributed by atoms with E-state index in [2.05, 4.69) is 6.58 Å². The molecule has 1 aliphatic carbocycles. The number of ether oxygens (including phenoxy) is 8. The van der Waals surface area contributed by atoms with Crippen LogP contribution >= 0.6 is 0 Å². The summed E-state index contributed by atoms with van der Waals surface area (Å²) in [5.74, 6) is -5.09. The molecule has 1 saturated carbocycles. The van der Waals surface area contributed by atoms with Gasteiger partial charge in [-0.1, -0.05) is 13.0 Å². The van der Waals surface area contributed by atoms with Crippen molar-refractivity contribution >= 4 is 11.9 Å². The third-order valence-corrected chi connectivity index (χ3v) is 10.6. The molecule has 0 unspecified atom stereocenters. The van der Waals surface area contributed by atoms with E-state index in [0.717, 1.165) is 12.5 Å². The van der Waals surface area contributed by atoms with Gasteiger partial charge in [0.2, 0.25) is 12.6 Å². The van der Waals surface area contributed by atoms with Gasteiger partial charge in [0.1, 0.15) is 54.9 Å². The third kappa shape index (κ3) is 7.74. The number of aliphatic hydroxyl groups is 9. The Morgan fingerprint density at radius 1 is 0.788 bits per heavy atom. The molecule has 0 bridgehead atoms. The molecule has 18 atom stereocenters. The first-order chi connectivity index (χ1) is 24.8. The molecule has 0 amide bonds. The van der Waals surface area contributed by atoms with Crippen molar-refractivity contribution in [2.24, 2.45) is 29.6 Å². The van der Waals surface area contributed by atoms with Crippen LogP contribution in [0.25, 0.3) is 0 Å². The van der Waals surface area contributed by atoms with E-state index in [1.54, 1.807) is 6.92 Å². The summed E-state index contributed by atoms with van der Waals surface area (Å²) in [7, 11) is 1.19. The van der Waals surface area contributed by atoms with Gasteiger partial charge in [0.15, 0.2) is 12.6 Å². The Morgan fingerprint density at radius 2 is 1.33 bits per heavy atom. The van der Waals surface area contributed by atoms with Gasteiger partial charge in [-0.2, -0.15) is 0 Å². The molecule has 0 spiro atoms. The first-order valence-electron chi connectivity index (χ1n) is 17.0. The smallest absolute Gasteiger partial charge is 0.337 e. The Balaban J connectivity index is 1.33. The monoisotopic (exact) mass is 748 g/mol. The van der Waals surface area contributed by atoms with Crippen LogP contribution < -0.4 is 0 Å². The van der Waals surface area contributed by atoms with E-state index in [0.29, 0.717) is 0 Å². The minimum absolute atomic E-state index is 0.00350. The topological polar surface area (TPSA) is 290 Å². The van der Waals surface area contributed by atoms with Gasteiger partial charge >= 0.3 is 11.9 Å². The van der Waals surface area contributed by atoms with Gasteiger partial charge < -0.3 is 83.9 Å². The first-order valence-corrected chi connectivity index (χ1v) is 17.0. The van der Waals surface area contributed by atoms with Crippen molar-refractivity contribution < 1.29 is 93.4 Å². The number of methoxy groups -OCH3 is 1. The van der Waals surface area contributed by atoms with Crippen LogP contribution in [0.3, 0.4) is 0 Å². The fraction of sp³-hybridized carbons (Fsp3) is 0.758. The summed E-state index contributed by atoms with van der Waals surface area (Å²) in [4.78, 5) is 26.6. The Labute approximate surface area is 298 Å². The van der Waals surface area contributed by atoms with E-state index in [9.17, 15) is 55.5 Å². The Bertz CT molecular complexity index is 1320. The summed E-state index contributed by atoms with van der Waals surface area (Å²) in [6.07, 6.45) is -15.3. The zero-order valence-corrected chi connectivity index (χ0v) is 28.5. The Kier molecular flexibility index (Phi) is 13.3. The van der Waals surface area contributed by atoms with Crippen molar-refractivity contribution in [1.82, 2.24) is 0 Å². The predicted molar refractivity (Wildman–Crippen MR) is 167 cm³/mol. The molecule has 5 rings (SSSR count). The van der Waals surface area contributed by atoms with Gasteiger partial charge in [-0.05, 0) is 12.8 Å². The molecule has 0 radical (unpaired) electrons. The fourth-order valence-corrected chi connectivity index (χ4v) is 7.55. The molecule has 4 heterocycles. The second-order valence-electron chi connectivity index (χ2n) is 13.5. The lowest BCUT2D eigenvalue weighted by Gasteiger charge is -2.43. The van der Waals surface area contributed by atoms with E-state index in [1.165, 1.54) is 13.2 Å². The molecule has 2 saturated heterocycles. The number of hydrogen-bond acceptors (Lipinski definition) is 19. The van der Waals surface area contributed by atoms with Crippen LogP contribution in [0.15, 0.2) is 36.3 Å². The summed E-state index contributed by atoms with van der Waals surface area (Å²) in [6.45, 7) is 3.78. The second-order valence-corrected chi connectivity index (χ2v) is 13.5. The van der Waals surface area contributed by atoms with E-state index in [-0.39, 0.29) is 30.6 Å². The molecule has 294 valence electrons. The van der Waals surface area contributed by atoms with Crippen LogP contribution in [0.1, 0.15) is 19.8 Å². The van der Waals surface area contributed by atoms with Crippen LogP contribution in [-0.4, -0.2) is 165 Å². The Hall–Kier alpha value is -2.76. The van der Waals surface area contributed by atoms with Crippen LogP contribution in [0.5, 0.6) is 0 Å². The lowest BCUT2D eigenvalue weighted by molar-refractivity contribution is -0.342. The van der Waals surface area contributed by atoms with Crippen molar-refractivity contribution in [3.05, 3.63) is 36.3 Å². The molecule has 5 aliphatic rings. The highest BCUT2D eigenvalue weighted by Crippen LogP contribution is 2.49. The molecule has 19 heteroatoms. The standard InChI is InChI=1S/C33H48O19/c1-4-13-14(5-6-34)16(10-46-30(13)51-32-26(41)24(39)22(37)19(8-35)49-32)29(44)48-18-7-15-17(28(43)45-3)11-47-31(21(15)12(18)2)52-33-27(42)25(40)23(38)20(9-36)50-33/h4,10-15,18-27,30-42H,1,5-9H2,2-3H3/t12-,13+,14-,15+,18-,19+,20+,21+,22+,23+,24-,25-,26+,27+,30-,31-,32-,33-/m0/s1. The highest BCUT2D eigenvalue weighted by molar-refractivity contribution is 5.90. The van der Waals surface area contributed by atoms with E-state index in [4.69, 9.17) is 37.9 Å². The molecule has 9 N–H and O–H groups in total. The molecule has 0 aromatic carbocycles. The number of rotatable bonds is 12. The van der Waals surface area contributed by atoms with Gasteiger partial charge in [0, 0.05) is 36.2 Å². The van der Waals surface area contributed by atoms with Gasteiger partial charge in [-0.15, -0.1) is 6.58 Å². The molecule has 4 aliphatic heterocycles. The SMILES string of the molecule is C=C[C@H]1[C@H](O[C@@H]2O[C@H](CO)[C@@H](O)[C@H](O)[C@H]2O)OC=C(C(=O)O[C@H]2C[C@@H]3C(C(=O)OC)=CO[C@@H](O[C@@H]4O[C@H](CO)[C@@H](O)[C@H](O)[C@H]4O)[C@@H]3[C@H]2C)[C@H]1CCO. The molecule has 0 aromatic rings. The maximum atomic E-state index is 13.8. The van der Waals surface area contributed by atoms with Gasteiger partial charge in [0.05, 0.1) is 44.0 Å². The number of carbonyl (C=O) groups excluding carboxylic acids is 2. The van der Waals surface area contributed by atoms with Crippen LogP contribution in [0.2, 0.25) is 0 Å². The Morgan fingerprint density at radius 3 is 1.85 bits per heavy atom. The van der Waals surface area contributed by atoms with Crippen LogP contribution in [0.4, 0.5) is 0 Å². The fourth-order valence-electron chi connectivity index (χ4n) is 7.55. The quantitative estimate of drug-likeness (QED) is 0.0684. The summed E-state index contributed by atoms with van der Waals surface area (Å²) in [5, 5.41) is 90.8. The van der Waals surface area contributed by atoms with Gasteiger partial charge in [-0.3, -0.25) is 0 Å². The van der Waals surface area contributed by atoms with Gasteiger partial charge in [0.25, 0.3) is 0 Å². The van der Waals surface area contributed by atoms with E-state index >= 15 is 0 Å². The number of esters is 2. The lowest BCUT2D eigenvalue weighted by Crippen LogP contribution is -2.60. The number of hydrogen-bond donors (Lipinski definition) is 9. The highest BCUT2D eigenvalue weighted by atomic mass is 16.8. The van der Waals surface area contributed by atoms with Crippen LogP contribution in [0, 0.1) is 29.6 Å². The molecule has 3 fully saturated rings. The van der Waals surface area contributed by atoms with Crippen molar-refractivity contribution in [1.29, 1.82) is 0 Å². The third-order valence-electron chi connectivity index (χ3n) is 10.6. The second kappa shape index (κ2) is 17.1. The van der Waals surface area contributed by atoms with Crippen molar-refractivity contribution in [2.75, 3.05) is 26.9 Å². The summed E-state index contributed by atoms with van der Waals surface area (Å²) in [6, 6.07) is 0. The summed E-state index contributed by atoms with van der Waals surface area (Å²) < 4.78 is 45.1. The maximum Gasteiger partial charge on any atom is 0.337 e. The molecule has 52 heavy (non-hydrogen) atoms. The zero-order chi connectivity index (χ0) is 38.0. The van der Waals surface area contributed by atoms with Crippen LogP contribution in [-0.2, 0) is 47.5 Å². The summed E-state index contributed by atoms with van der Waals surface area (Å²) in [5.41, 5.74) is 0.133. The normalized spacial score (nSPS) is 44.7. The molecule has 19 nitrogen and oxygen atoms in total. The van der Waals surface area contributed by atoms with E-state index in [1.807, 2.05) is 0 Å².